The number of hydrazine groups is 1. The molecule has 1 aromatic heterocycles. The van der Waals surface area contributed by atoms with Gasteiger partial charge in [0, 0.05) is 15.4 Å². The Morgan fingerprint density at radius 2 is 2.00 bits per heavy atom. The van der Waals surface area contributed by atoms with Gasteiger partial charge in [0.1, 0.15) is 16.6 Å². The van der Waals surface area contributed by atoms with Crippen LogP contribution >= 0.6 is 27.3 Å². The van der Waals surface area contributed by atoms with E-state index in [1.54, 1.807) is 42.6 Å². The van der Waals surface area contributed by atoms with E-state index in [-0.39, 0.29) is 12.2 Å². The van der Waals surface area contributed by atoms with E-state index in [4.69, 9.17) is 4.74 Å². The number of ether oxygens (including phenoxy) is 1. The van der Waals surface area contributed by atoms with E-state index >= 15 is 0 Å². The first-order chi connectivity index (χ1) is 13.9. The fraction of sp³-hybridized carbons (Fsp3) is 0.150. The molecule has 0 saturated carbocycles. The molecule has 0 spiro atoms. The maximum Gasteiger partial charge on any atom is 0.279 e. The van der Waals surface area contributed by atoms with Gasteiger partial charge in [0.2, 0.25) is 5.91 Å². The fourth-order valence-corrected chi connectivity index (χ4v) is 3.58. The van der Waals surface area contributed by atoms with Crippen LogP contribution in [0.5, 0.6) is 5.75 Å². The molecule has 2 aromatic carbocycles. The Morgan fingerprint density at radius 3 is 2.76 bits per heavy atom. The van der Waals surface area contributed by atoms with Crippen molar-refractivity contribution in [3.8, 4) is 16.3 Å². The third-order valence-electron chi connectivity index (χ3n) is 3.77. The van der Waals surface area contributed by atoms with Gasteiger partial charge in [-0.3, -0.25) is 20.4 Å². The van der Waals surface area contributed by atoms with Gasteiger partial charge in [-0.1, -0.05) is 34.1 Å². The van der Waals surface area contributed by atoms with Gasteiger partial charge < -0.3 is 4.74 Å². The Bertz CT molecular complexity index is 1030. The maximum absolute atomic E-state index is 13.3. The van der Waals surface area contributed by atoms with E-state index in [9.17, 15) is 14.0 Å². The molecular formula is C20H17BrFN3O3S. The number of carbonyl (C=O) groups is 2. The zero-order valence-corrected chi connectivity index (χ0v) is 17.7. The molecule has 0 bridgehead atoms. The summed E-state index contributed by atoms with van der Waals surface area (Å²) in [6.45, 7) is 1.58. The number of hydrogen-bond donors (Lipinski definition) is 2. The number of hydrogen-bond acceptors (Lipinski definition) is 5. The average Bonchev–Trinajstić information content (AvgIpc) is 3.14. The van der Waals surface area contributed by atoms with Crippen molar-refractivity contribution < 1.29 is 18.7 Å². The number of rotatable bonds is 6. The van der Waals surface area contributed by atoms with E-state index in [2.05, 4.69) is 31.8 Å². The molecular weight excluding hydrogens is 461 g/mol. The van der Waals surface area contributed by atoms with Gasteiger partial charge in [-0.05, 0) is 37.3 Å². The minimum atomic E-state index is -0.802. The van der Waals surface area contributed by atoms with Crippen LogP contribution in [-0.4, -0.2) is 22.9 Å². The maximum atomic E-state index is 13.3. The van der Waals surface area contributed by atoms with Crippen LogP contribution in [-0.2, 0) is 16.0 Å². The lowest BCUT2D eigenvalue weighted by atomic mass is 10.2. The summed E-state index contributed by atoms with van der Waals surface area (Å²) in [5.74, 6) is -0.735. The second kappa shape index (κ2) is 9.62. The monoisotopic (exact) mass is 477 g/mol. The number of nitrogens with one attached hydrogen (secondary N) is 2. The number of carbonyl (C=O) groups excluding carboxylic acids is 2. The van der Waals surface area contributed by atoms with Crippen LogP contribution in [0.3, 0.4) is 0 Å². The number of halogens is 2. The molecule has 0 radical (unpaired) electrons. The molecule has 0 aliphatic carbocycles. The summed E-state index contributed by atoms with van der Waals surface area (Å²) in [6, 6.07) is 13.2. The van der Waals surface area contributed by atoms with Crippen LogP contribution in [0.1, 0.15) is 12.6 Å². The van der Waals surface area contributed by atoms with Crippen LogP contribution < -0.4 is 15.6 Å². The molecule has 0 aliphatic heterocycles. The summed E-state index contributed by atoms with van der Waals surface area (Å²) >= 11 is 4.65. The van der Waals surface area contributed by atoms with Gasteiger partial charge in [-0.2, -0.15) is 0 Å². The molecule has 0 fully saturated rings. The van der Waals surface area contributed by atoms with E-state index in [1.807, 2.05) is 6.07 Å². The minimum Gasteiger partial charge on any atom is -0.481 e. The summed E-state index contributed by atoms with van der Waals surface area (Å²) in [4.78, 5) is 28.5. The van der Waals surface area contributed by atoms with E-state index in [0.29, 0.717) is 22.0 Å². The molecule has 3 aromatic rings. The molecule has 2 N–H and O–H groups in total. The molecule has 1 unspecified atom stereocenters. The average molecular weight is 478 g/mol. The van der Waals surface area contributed by atoms with Gasteiger partial charge in [0.15, 0.2) is 6.10 Å². The van der Waals surface area contributed by atoms with Gasteiger partial charge in [-0.15, -0.1) is 11.3 Å². The summed E-state index contributed by atoms with van der Waals surface area (Å²) in [6.07, 6.45) is -0.823. The van der Waals surface area contributed by atoms with Crippen molar-refractivity contribution in [3.63, 3.8) is 0 Å². The third-order valence-corrected chi connectivity index (χ3v) is 5.20. The van der Waals surface area contributed by atoms with E-state index in [1.165, 1.54) is 23.5 Å². The van der Waals surface area contributed by atoms with Crippen LogP contribution in [0.15, 0.2) is 58.4 Å². The number of nitrogens with zero attached hydrogens (tertiary/aromatic N) is 1. The zero-order chi connectivity index (χ0) is 20.8. The highest BCUT2D eigenvalue weighted by Gasteiger charge is 2.16. The molecule has 29 heavy (non-hydrogen) atoms. The molecule has 150 valence electrons. The smallest absolute Gasteiger partial charge is 0.279 e. The Hall–Kier alpha value is -2.78. The van der Waals surface area contributed by atoms with Crippen molar-refractivity contribution in [3.05, 3.63) is 69.9 Å². The van der Waals surface area contributed by atoms with Crippen molar-refractivity contribution in [1.82, 2.24) is 15.8 Å². The second-order valence-corrected chi connectivity index (χ2v) is 7.86. The molecule has 9 heteroatoms. The van der Waals surface area contributed by atoms with Crippen molar-refractivity contribution in [1.29, 1.82) is 0 Å². The normalized spacial score (nSPS) is 11.6. The van der Waals surface area contributed by atoms with Gasteiger partial charge in [0.25, 0.3) is 5.91 Å². The standard InChI is InChI=1S/C20H17BrFN3O3S/c1-12(28-17-7-3-5-14(21)9-17)19(27)25-24-18(26)10-16-11-29-20(23-16)13-4-2-6-15(22)8-13/h2-9,11-12H,10H2,1H3,(H,24,26)(H,25,27). The third kappa shape index (κ3) is 6.10. The van der Waals surface area contributed by atoms with E-state index < -0.39 is 17.9 Å². The molecule has 6 nitrogen and oxygen atoms in total. The van der Waals surface area contributed by atoms with E-state index in [0.717, 1.165) is 4.47 Å². The Labute approximate surface area is 179 Å². The highest BCUT2D eigenvalue weighted by molar-refractivity contribution is 9.10. The molecule has 1 heterocycles. The van der Waals surface area contributed by atoms with Crippen LogP contribution in [0, 0.1) is 5.82 Å². The number of thiazole rings is 1. The number of benzene rings is 2. The lowest BCUT2D eigenvalue weighted by Gasteiger charge is -2.15. The highest BCUT2D eigenvalue weighted by Crippen LogP contribution is 2.24. The minimum absolute atomic E-state index is 0.0209. The first kappa shape index (κ1) is 20.9. The quantitative estimate of drug-likeness (QED) is 0.528. The SMILES string of the molecule is CC(Oc1cccc(Br)c1)C(=O)NNC(=O)Cc1csc(-c2cccc(F)c2)n1. The Morgan fingerprint density at radius 1 is 1.21 bits per heavy atom. The summed E-state index contributed by atoms with van der Waals surface area (Å²) < 4.78 is 19.7. The Balaban J connectivity index is 1.49. The molecule has 0 aliphatic rings. The summed E-state index contributed by atoms with van der Waals surface area (Å²) in [5.41, 5.74) is 5.85. The molecule has 1 atom stereocenters. The highest BCUT2D eigenvalue weighted by atomic mass is 79.9. The fourth-order valence-electron chi connectivity index (χ4n) is 2.38. The largest absolute Gasteiger partial charge is 0.481 e. The lowest BCUT2D eigenvalue weighted by Crippen LogP contribution is -2.47. The van der Waals surface area contributed by atoms with Crippen LogP contribution in [0.2, 0.25) is 0 Å². The second-order valence-electron chi connectivity index (χ2n) is 6.09. The van der Waals surface area contributed by atoms with Crippen molar-refractivity contribution >= 4 is 39.1 Å². The first-order valence-corrected chi connectivity index (χ1v) is 10.3. The number of amides is 2. The van der Waals surface area contributed by atoms with Crippen molar-refractivity contribution in [2.24, 2.45) is 0 Å². The summed E-state index contributed by atoms with van der Waals surface area (Å²) in [7, 11) is 0. The topological polar surface area (TPSA) is 80.3 Å². The summed E-state index contributed by atoms with van der Waals surface area (Å²) in [5, 5.41) is 2.34. The molecule has 3 rings (SSSR count). The van der Waals surface area contributed by atoms with Gasteiger partial charge in [-0.25, -0.2) is 9.37 Å². The van der Waals surface area contributed by atoms with Gasteiger partial charge in [0.05, 0.1) is 12.1 Å². The number of aromatic nitrogens is 1. The zero-order valence-electron chi connectivity index (χ0n) is 15.3. The van der Waals surface area contributed by atoms with Crippen LogP contribution in [0.25, 0.3) is 10.6 Å². The predicted octanol–water partition coefficient (Wildman–Crippen LogP) is 3.87. The van der Waals surface area contributed by atoms with Gasteiger partial charge >= 0.3 is 0 Å². The van der Waals surface area contributed by atoms with Crippen LogP contribution in [0.4, 0.5) is 4.39 Å². The first-order valence-electron chi connectivity index (χ1n) is 8.62. The predicted molar refractivity (Wildman–Crippen MR) is 112 cm³/mol. The lowest BCUT2D eigenvalue weighted by molar-refractivity contribution is -0.132. The molecule has 2 amide bonds. The van der Waals surface area contributed by atoms with Crippen molar-refractivity contribution in [2.45, 2.75) is 19.4 Å². The van der Waals surface area contributed by atoms with Crippen molar-refractivity contribution in [2.75, 3.05) is 0 Å². The Kier molecular flexibility index (Phi) is 6.95. The molecule has 0 saturated heterocycles.